The van der Waals surface area contributed by atoms with E-state index in [-0.39, 0.29) is 0 Å². The molecule has 78 valence electrons. The van der Waals surface area contributed by atoms with Gasteiger partial charge in [0.05, 0.1) is 0 Å². The maximum atomic E-state index is 2.47. The van der Waals surface area contributed by atoms with Gasteiger partial charge in [-0.25, -0.2) is 0 Å². The quantitative estimate of drug-likeness (QED) is 0.560. The molecule has 0 aromatic carbocycles. The molecule has 0 bridgehead atoms. The van der Waals surface area contributed by atoms with Gasteiger partial charge in [0.15, 0.2) is 0 Å². The minimum atomic E-state index is 0.495. The Hall–Kier alpha value is 0. The van der Waals surface area contributed by atoms with Crippen molar-refractivity contribution in [2.45, 2.75) is 61.3 Å². The molecule has 0 saturated heterocycles. The third-order valence-corrected chi connectivity index (χ3v) is 3.33. The summed E-state index contributed by atoms with van der Waals surface area (Å²) in [6, 6.07) is 0. The molecule has 2 unspecified atom stereocenters. The minimum Gasteiger partial charge on any atom is -0.0602 e. The van der Waals surface area contributed by atoms with E-state index in [1.165, 1.54) is 12.8 Å². The number of hydrogen-bond acceptors (Lipinski definition) is 0. The molecule has 0 amide bonds. The summed E-state index contributed by atoms with van der Waals surface area (Å²) in [5.74, 6) is 0.944. The van der Waals surface area contributed by atoms with Crippen molar-refractivity contribution in [3.63, 3.8) is 0 Å². The van der Waals surface area contributed by atoms with E-state index in [9.17, 15) is 0 Å². The zero-order valence-electron chi connectivity index (χ0n) is 10.5. The first-order valence-electron chi connectivity index (χ1n) is 5.55. The Balaban J connectivity index is 2.56. The van der Waals surface area contributed by atoms with Gasteiger partial charge in [-0.1, -0.05) is 48.5 Å². The van der Waals surface area contributed by atoms with E-state index < -0.39 is 0 Å². The van der Waals surface area contributed by atoms with E-state index in [0.717, 1.165) is 5.92 Å². The molecule has 1 aliphatic rings. The van der Waals surface area contributed by atoms with Crippen LogP contribution < -0.4 is 0 Å². The van der Waals surface area contributed by atoms with Crippen molar-refractivity contribution >= 4 is 0 Å². The van der Waals surface area contributed by atoms with Crippen LogP contribution in [0.3, 0.4) is 0 Å². The molecule has 0 aliphatic heterocycles. The third kappa shape index (κ3) is 2.72. The maximum absolute atomic E-state index is 2.47. The molecular formula is C13H26. The Morgan fingerprint density at radius 1 is 1.08 bits per heavy atom. The first kappa shape index (κ1) is 11.1. The van der Waals surface area contributed by atoms with Gasteiger partial charge < -0.3 is 0 Å². The second kappa shape index (κ2) is 2.74. The lowest BCUT2D eigenvalue weighted by molar-refractivity contribution is 0.223. The molecule has 0 heteroatoms. The van der Waals surface area contributed by atoms with Gasteiger partial charge in [-0.2, -0.15) is 0 Å². The molecule has 1 aliphatic carbocycles. The standard InChI is InChI=1S/C13H26/c1-11(2,3)9-13(7)8-10(13)12(4,5)6/h10H,8-9H2,1-7H3. The lowest BCUT2D eigenvalue weighted by atomic mass is 9.78. The summed E-state index contributed by atoms with van der Waals surface area (Å²) in [6.45, 7) is 16.7. The molecule has 0 heterocycles. The maximum Gasteiger partial charge on any atom is -0.0284 e. The van der Waals surface area contributed by atoms with E-state index in [1.807, 2.05) is 0 Å². The van der Waals surface area contributed by atoms with Crippen LogP contribution in [0.15, 0.2) is 0 Å². The lowest BCUT2D eigenvalue weighted by Gasteiger charge is -2.28. The monoisotopic (exact) mass is 182 g/mol. The van der Waals surface area contributed by atoms with Gasteiger partial charge in [0.2, 0.25) is 0 Å². The Morgan fingerprint density at radius 3 is 1.77 bits per heavy atom. The summed E-state index contributed by atoms with van der Waals surface area (Å²) >= 11 is 0. The van der Waals surface area contributed by atoms with E-state index in [0.29, 0.717) is 16.2 Å². The molecule has 1 saturated carbocycles. The highest BCUT2D eigenvalue weighted by molar-refractivity contribution is 5.05. The summed E-state index contributed by atoms with van der Waals surface area (Å²) in [5.41, 5.74) is 1.64. The third-order valence-electron chi connectivity index (χ3n) is 3.33. The largest absolute Gasteiger partial charge is 0.0602 e. The fraction of sp³-hybridized carbons (Fsp3) is 1.00. The number of rotatable bonds is 1. The summed E-state index contributed by atoms with van der Waals surface area (Å²) in [4.78, 5) is 0. The van der Waals surface area contributed by atoms with Crippen molar-refractivity contribution in [2.75, 3.05) is 0 Å². The molecular weight excluding hydrogens is 156 g/mol. The Labute approximate surface area is 84.1 Å². The van der Waals surface area contributed by atoms with E-state index in [2.05, 4.69) is 48.5 Å². The van der Waals surface area contributed by atoms with Crippen LogP contribution in [-0.2, 0) is 0 Å². The van der Waals surface area contributed by atoms with Gasteiger partial charge in [0.25, 0.3) is 0 Å². The Morgan fingerprint density at radius 2 is 1.54 bits per heavy atom. The first-order valence-corrected chi connectivity index (χ1v) is 5.55. The van der Waals surface area contributed by atoms with Crippen LogP contribution in [0.5, 0.6) is 0 Å². The van der Waals surface area contributed by atoms with E-state index >= 15 is 0 Å². The molecule has 1 fully saturated rings. The molecule has 0 radical (unpaired) electrons. The SMILES string of the molecule is CC(C)(C)CC1(C)CC1C(C)(C)C. The highest BCUT2D eigenvalue weighted by Gasteiger charge is 2.56. The highest BCUT2D eigenvalue weighted by atomic mass is 14.6. The van der Waals surface area contributed by atoms with Crippen molar-refractivity contribution < 1.29 is 0 Å². The highest BCUT2D eigenvalue weighted by Crippen LogP contribution is 2.64. The number of hydrogen-bond donors (Lipinski definition) is 0. The summed E-state index contributed by atoms with van der Waals surface area (Å²) < 4.78 is 0. The van der Waals surface area contributed by atoms with Crippen molar-refractivity contribution in [1.82, 2.24) is 0 Å². The summed E-state index contributed by atoms with van der Waals surface area (Å²) in [6.07, 6.45) is 2.82. The fourth-order valence-electron chi connectivity index (χ4n) is 3.17. The van der Waals surface area contributed by atoms with Crippen LogP contribution in [0, 0.1) is 22.2 Å². The Bertz CT molecular complexity index is 189. The first-order chi connectivity index (χ1) is 5.55. The molecule has 0 aromatic heterocycles. The van der Waals surface area contributed by atoms with Gasteiger partial charge in [-0.05, 0) is 35.0 Å². The average molecular weight is 182 g/mol. The predicted molar refractivity (Wildman–Crippen MR) is 59.7 cm³/mol. The van der Waals surface area contributed by atoms with Crippen molar-refractivity contribution in [2.24, 2.45) is 22.2 Å². The van der Waals surface area contributed by atoms with E-state index in [4.69, 9.17) is 0 Å². The smallest absolute Gasteiger partial charge is 0.0284 e. The molecule has 13 heavy (non-hydrogen) atoms. The van der Waals surface area contributed by atoms with Gasteiger partial charge in [-0.15, -0.1) is 0 Å². The van der Waals surface area contributed by atoms with Gasteiger partial charge >= 0.3 is 0 Å². The zero-order valence-corrected chi connectivity index (χ0v) is 10.5. The average Bonchev–Trinajstić information content (AvgIpc) is 2.33. The lowest BCUT2D eigenvalue weighted by Crippen LogP contribution is -2.18. The molecule has 0 aromatic rings. The van der Waals surface area contributed by atoms with Gasteiger partial charge in [-0.3, -0.25) is 0 Å². The second-order valence-corrected chi connectivity index (χ2v) is 7.51. The van der Waals surface area contributed by atoms with Crippen LogP contribution in [0.25, 0.3) is 0 Å². The van der Waals surface area contributed by atoms with Crippen LogP contribution >= 0.6 is 0 Å². The van der Waals surface area contributed by atoms with Crippen LogP contribution in [0.4, 0.5) is 0 Å². The minimum absolute atomic E-state index is 0.495. The fourth-order valence-corrected chi connectivity index (χ4v) is 3.17. The second-order valence-electron chi connectivity index (χ2n) is 7.51. The molecule has 1 rings (SSSR count). The summed E-state index contributed by atoms with van der Waals surface area (Å²) in [5, 5.41) is 0. The molecule has 2 atom stereocenters. The van der Waals surface area contributed by atoms with Gasteiger partial charge in [0.1, 0.15) is 0 Å². The zero-order chi connectivity index (χ0) is 10.5. The van der Waals surface area contributed by atoms with Gasteiger partial charge in [0, 0.05) is 0 Å². The normalized spacial score (nSPS) is 34.8. The van der Waals surface area contributed by atoms with E-state index in [1.54, 1.807) is 0 Å². The molecule has 0 N–H and O–H groups in total. The molecule has 0 spiro atoms. The van der Waals surface area contributed by atoms with Crippen molar-refractivity contribution in [1.29, 1.82) is 0 Å². The van der Waals surface area contributed by atoms with Crippen LogP contribution in [0.2, 0.25) is 0 Å². The van der Waals surface area contributed by atoms with Crippen molar-refractivity contribution in [3.05, 3.63) is 0 Å². The van der Waals surface area contributed by atoms with Crippen molar-refractivity contribution in [3.8, 4) is 0 Å². The molecule has 0 nitrogen and oxygen atoms in total. The van der Waals surface area contributed by atoms with Crippen LogP contribution in [-0.4, -0.2) is 0 Å². The Kier molecular flexibility index (Phi) is 2.34. The van der Waals surface area contributed by atoms with Crippen LogP contribution in [0.1, 0.15) is 61.3 Å². The summed E-state index contributed by atoms with van der Waals surface area (Å²) in [7, 11) is 0. The predicted octanol–water partition coefficient (Wildman–Crippen LogP) is 4.49. The topological polar surface area (TPSA) is 0 Å².